The molecular formula is C27H24N2O2. The smallest absolute Gasteiger partial charge is 0.220 e. The van der Waals surface area contributed by atoms with Crippen molar-refractivity contribution in [3.05, 3.63) is 102 Å². The molecule has 0 saturated heterocycles. The molecule has 4 aromatic rings. The average Bonchev–Trinajstić information content (AvgIpc) is 3.24. The van der Waals surface area contributed by atoms with Crippen LogP contribution in [0.1, 0.15) is 29.4 Å². The van der Waals surface area contributed by atoms with Gasteiger partial charge in [0.1, 0.15) is 5.69 Å². The lowest BCUT2D eigenvalue weighted by atomic mass is 9.77. The van der Waals surface area contributed by atoms with Crippen LogP contribution in [0.4, 0.5) is 0 Å². The molecule has 4 nitrogen and oxygen atoms in total. The van der Waals surface area contributed by atoms with Crippen LogP contribution in [-0.2, 0) is 17.6 Å². The first-order valence-corrected chi connectivity index (χ1v) is 10.7. The second kappa shape index (κ2) is 8.60. The number of carbonyl (C=O) groups excluding carboxylic acids is 1. The summed E-state index contributed by atoms with van der Waals surface area (Å²) in [6, 6.07) is 28.4. The normalized spacial score (nSPS) is 14.5. The fourth-order valence-electron chi connectivity index (χ4n) is 4.14. The molecule has 0 radical (unpaired) electrons. The summed E-state index contributed by atoms with van der Waals surface area (Å²) < 4.78 is 6.12. The minimum absolute atomic E-state index is 0.0325. The molecule has 0 fully saturated rings. The maximum atomic E-state index is 12.4. The molecule has 1 atom stereocenters. The van der Waals surface area contributed by atoms with Gasteiger partial charge in [0.2, 0.25) is 5.91 Å². The first kappa shape index (κ1) is 19.3. The molecule has 31 heavy (non-hydrogen) atoms. The van der Waals surface area contributed by atoms with Crippen molar-refractivity contribution in [2.24, 2.45) is 0 Å². The molecule has 1 aliphatic rings. The maximum Gasteiger partial charge on any atom is 0.220 e. The summed E-state index contributed by atoms with van der Waals surface area (Å²) in [4.78, 5) is 17.2. The Morgan fingerprint density at radius 2 is 1.58 bits per heavy atom. The Morgan fingerprint density at radius 1 is 0.903 bits per heavy atom. The number of fused-ring (bicyclic) bond motifs is 1. The van der Waals surface area contributed by atoms with E-state index in [0.717, 1.165) is 29.0 Å². The molecule has 5 rings (SSSR count). The third-order valence-corrected chi connectivity index (χ3v) is 5.83. The van der Waals surface area contributed by atoms with Crippen molar-refractivity contribution in [3.8, 4) is 22.6 Å². The number of amides is 1. The zero-order chi connectivity index (χ0) is 21.0. The van der Waals surface area contributed by atoms with Gasteiger partial charge in [-0.05, 0) is 17.5 Å². The largest absolute Gasteiger partial charge is 0.440 e. The molecule has 0 bridgehead atoms. The van der Waals surface area contributed by atoms with Crippen molar-refractivity contribution < 1.29 is 9.21 Å². The number of hydrogen-bond donors (Lipinski definition) is 1. The maximum absolute atomic E-state index is 12.4. The molecular weight excluding hydrogens is 384 g/mol. The van der Waals surface area contributed by atoms with Gasteiger partial charge >= 0.3 is 0 Å². The van der Waals surface area contributed by atoms with E-state index >= 15 is 0 Å². The number of nitrogens with zero attached hydrogens (tertiary/aromatic N) is 1. The molecule has 0 aliphatic heterocycles. The van der Waals surface area contributed by atoms with Gasteiger partial charge in [0.05, 0.1) is 0 Å². The fraction of sp³-hybridized carbons (Fsp3) is 0.185. The van der Waals surface area contributed by atoms with Gasteiger partial charge in [0.25, 0.3) is 0 Å². The zero-order valence-electron chi connectivity index (χ0n) is 17.3. The number of benzene rings is 3. The number of carbonyl (C=O) groups is 1. The molecule has 0 saturated carbocycles. The Bertz CT molecular complexity index is 1130. The summed E-state index contributed by atoms with van der Waals surface area (Å²) in [6.45, 7) is 0.686. The second-order valence-corrected chi connectivity index (χ2v) is 7.92. The van der Waals surface area contributed by atoms with Crippen LogP contribution in [-0.4, -0.2) is 17.4 Å². The monoisotopic (exact) mass is 408 g/mol. The minimum Gasteiger partial charge on any atom is -0.440 e. The summed E-state index contributed by atoms with van der Waals surface area (Å²) in [6.07, 6.45) is 1.87. The third kappa shape index (κ3) is 4.15. The van der Waals surface area contributed by atoms with Gasteiger partial charge in [0.15, 0.2) is 11.7 Å². The molecule has 3 aromatic carbocycles. The van der Waals surface area contributed by atoms with E-state index in [2.05, 4.69) is 29.6 Å². The fourth-order valence-corrected chi connectivity index (χ4v) is 4.14. The van der Waals surface area contributed by atoms with Crippen LogP contribution in [0.15, 0.2) is 89.3 Å². The van der Waals surface area contributed by atoms with Gasteiger partial charge < -0.3 is 9.73 Å². The van der Waals surface area contributed by atoms with Crippen molar-refractivity contribution in [2.75, 3.05) is 6.54 Å². The summed E-state index contributed by atoms with van der Waals surface area (Å²) in [5, 5.41) is 3.07. The molecule has 1 amide bonds. The first-order chi connectivity index (χ1) is 15.3. The van der Waals surface area contributed by atoms with E-state index < -0.39 is 0 Å². The van der Waals surface area contributed by atoms with Crippen molar-refractivity contribution in [3.63, 3.8) is 0 Å². The van der Waals surface area contributed by atoms with Gasteiger partial charge in [0, 0.05) is 36.4 Å². The first-order valence-electron chi connectivity index (χ1n) is 10.7. The quantitative estimate of drug-likeness (QED) is 0.446. The van der Waals surface area contributed by atoms with E-state index in [9.17, 15) is 4.79 Å². The Hall–Kier alpha value is -3.66. The summed E-state index contributed by atoms with van der Waals surface area (Å²) in [5.74, 6) is 1.79. The lowest BCUT2D eigenvalue weighted by Crippen LogP contribution is -2.33. The molecule has 1 aliphatic carbocycles. The van der Waals surface area contributed by atoms with Gasteiger partial charge in [-0.15, -0.1) is 0 Å². The van der Waals surface area contributed by atoms with Crippen LogP contribution >= 0.6 is 0 Å². The number of oxazole rings is 1. The van der Waals surface area contributed by atoms with E-state index in [4.69, 9.17) is 9.40 Å². The van der Waals surface area contributed by atoms with Crippen LogP contribution in [0.2, 0.25) is 0 Å². The van der Waals surface area contributed by atoms with Crippen LogP contribution < -0.4 is 5.32 Å². The number of rotatable bonds is 7. The van der Waals surface area contributed by atoms with Gasteiger partial charge in [-0.1, -0.05) is 84.9 Å². The van der Waals surface area contributed by atoms with Crippen molar-refractivity contribution in [1.29, 1.82) is 0 Å². The van der Waals surface area contributed by atoms with E-state index in [1.165, 1.54) is 11.1 Å². The molecule has 1 unspecified atom stereocenters. The SMILES string of the molecule is O=C(CCc1nc(-c2ccccc2)c(-c2ccccc2)o1)NCC1Cc2ccccc21. The predicted octanol–water partition coefficient (Wildman–Crippen LogP) is 5.40. The van der Waals surface area contributed by atoms with Crippen molar-refractivity contribution >= 4 is 5.91 Å². The van der Waals surface area contributed by atoms with Crippen molar-refractivity contribution in [1.82, 2.24) is 10.3 Å². The summed E-state index contributed by atoms with van der Waals surface area (Å²) in [5.41, 5.74) is 5.55. The average molecular weight is 409 g/mol. The predicted molar refractivity (Wildman–Crippen MR) is 122 cm³/mol. The highest BCUT2D eigenvalue weighted by Gasteiger charge is 2.25. The van der Waals surface area contributed by atoms with Gasteiger partial charge in [-0.3, -0.25) is 4.79 Å². The number of aromatic nitrogens is 1. The Kier molecular flexibility index (Phi) is 5.36. The number of hydrogen-bond acceptors (Lipinski definition) is 3. The summed E-state index contributed by atoms with van der Waals surface area (Å²) >= 11 is 0. The Morgan fingerprint density at radius 3 is 2.32 bits per heavy atom. The Balaban J connectivity index is 1.25. The lowest BCUT2D eigenvalue weighted by molar-refractivity contribution is -0.121. The summed E-state index contributed by atoms with van der Waals surface area (Å²) in [7, 11) is 0. The molecule has 1 N–H and O–H groups in total. The highest BCUT2D eigenvalue weighted by Crippen LogP contribution is 2.34. The van der Waals surface area contributed by atoms with Crippen LogP contribution in [0.5, 0.6) is 0 Å². The standard InChI is InChI=1S/C27H24N2O2/c30-24(28-18-22-17-21-13-7-8-14-23(21)22)15-16-25-29-26(19-9-3-1-4-10-19)27(31-25)20-11-5-2-6-12-20/h1-14,22H,15-18H2,(H,28,30). The highest BCUT2D eigenvalue weighted by atomic mass is 16.4. The zero-order valence-corrected chi connectivity index (χ0v) is 17.3. The second-order valence-electron chi connectivity index (χ2n) is 7.92. The van der Waals surface area contributed by atoms with E-state index in [1.54, 1.807) is 0 Å². The van der Waals surface area contributed by atoms with E-state index in [1.807, 2.05) is 60.7 Å². The van der Waals surface area contributed by atoms with Gasteiger partial charge in [-0.25, -0.2) is 4.98 Å². The number of nitrogens with one attached hydrogen (secondary N) is 1. The van der Waals surface area contributed by atoms with Gasteiger partial charge in [-0.2, -0.15) is 0 Å². The minimum atomic E-state index is 0.0325. The topological polar surface area (TPSA) is 55.1 Å². The number of aryl methyl sites for hydroxylation is 1. The lowest BCUT2D eigenvalue weighted by Gasteiger charge is -2.30. The third-order valence-electron chi connectivity index (χ3n) is 5.83. The van der Waals surface area contributed by atoms with Crippen LogP contribution in [0.25, 0.3) is 22.6 Å². The van der Waals surface area contributed by atoms with E-state index in [-0.39, 0.29) is 5.91 Å². The molecule has 154 valence electrons. The molecule has 1 aromatic heterocycles. The highest BCUT2D eigenvalue weighted by molar-refractivity contribution is 5.78. The van der Waals surface area contributed by atoms with E-state index in [0.29, 0.717) is 31.2 Å². The van der Waals surface area contributed by atoms with Crippen LogP contribution in [0, 0.1) is 0 Å². The molecule has 4 heteroatoms. The van der Waals surface area contributed by atoms with Crippen LogP contribution in [0.3, 0.4) is 0 Å². The van der Waals surface area contributed by atoms with Crippen molar-refractivity contribution in [2.45, 2.75) is 25.2 Å². The molecule has 1 heterocycles. The molecule has 0 spiro atoms. The Labute approximate surface area is 182 Å².